The van der Waals surface area contributed by atoms with Crippen molar-refractivity contribution in [2.24, 2.45) is 0 Å². The molecule has 9 heteroatoms. The van der Waals surface area contributed by atoms with Crippen LogP contribution >= 0.6 is 11.3 Å². The summed E-state index contributed by atoms with van der Waals surface area (Å²) in [5.41, 5.74) is 0.838. The average molecular weight is 386 g/mol. The normalized spacial score (nSPS) is 18.8. The van der Waals surface area contributed by atoms with E-state index in [2.05, 4.69) is 15.5 Å². The van der Waals surface area contributed by atoms with E-state index in [0.29, 0.717) is 22.7 Å². The number of carbonyl (C=O) groups is 3. The molecule has 2 aliphatic heterocycles. The third kappa shape index (κ3) is 3.60. The van der Waals surface area contributed by atoms with E-state index in [9.17, 15) is 14.4 Å². The summed E-state index contributed by atoms with van der Waals surface area (Å²) in [5.74, 6) is -0.829. The Morgan fingerprint density at radius 1 is 1.22 bits per heavy atom. The fourth-order valence-electron chi connectivity index (χ4n) is 3.21. The van der Waals surface area contributed by atoms with Crippen LogP contribution < -0.4 is 5.32 Å². The topological polar surface area (TPSA) is 101 Å². The number of anilines is 1. The molecule has 3 heterocycles. The number of benzene rings is 1. The lowest BCUT2D eigenvalue weighted by Crippen LogP contribution is -2.31. The third-order valence-electron chi connectivity index (χ3n) is 4.56. The molecule has 1 atom stereocenters. The van der Waals surface area contributed by atoms with Gasteiger partial charge in [0.25, 0.3) is 11.8 Å². The number of amides is 3. The van der Waals surface area contributed by atoms with Crippen molar-refractivity contribution in [3.8, 4) is 0 Å². The summed E-state index contributed by atoms with van der Waals surface area (Å²) in [6, 6.07) is 6.74. The highest BCUT2D eigenvalue weighted by Gasteiger charge is 2.34. The molecule has 1 unspecified atom stereocenters. The van der Waals surface area contributed by atoms with Gasteiger partial charge in [0.15, 0.2) is 0 Å². The minimum atomic E-state index is -0.304. The average Bonchev–Trinajstić information content (AvgIpc) is 3.39. The monoisotopic (exact) mass is 386 g/mol. The largest absolute Gasteiger partial charge is 0.371 e. The molecule has 0 aliphatic carbocycles. The molecule has 1 N–H and O–H groups in total. The van der Waals surface area contributed by atoms with Gasteiger partial charge in [0.05, 0.1) is 11.1 Å². The van der Waals surface area contributed by atoms with Crippen molar-refractivity contribution in [3.05, 3.63) is 40.4 Å². The van der Waals surface area contributed by atoms with Crippen molar-refractivity contribution >= 4 is 34.2 Å². The minimum Gasteiger partial charge on any atom is -0.371 e. The first-order chi connectivity index (χ1) is 13.1. The predicted molar refractivity (Wildman–Crippen MR) is 97.5 cm³/mol. The molecule has 8 nitrogen and oxygen atoms in total. The van der Waals surface area contributed by atoms with Gasteiger partial charge in [0, 0.05) is 19.6 Å². The molecule has 140 valence electrons. The number of hydrogen-bond acceptors (Lipinski definition) is 7. The number of hydrogen-bond donors (Lipinski definition) is 1. The van der Waals surface area contributed by atoms with Gasteiger partial charge in [-0.2, -0.15) is 0 Å². The number of carbonyl (C=O) groups excluding carboxylic acids is 3. The zero-order chi connectivity index (χ0) is 18.8. The number of fused-ring (bicyclic) bond motifs is 1. The van der Waals surface area contributed by atoms with Crippen molar-refractivity contribution < 1.29 is 19.1 Å². The Balaban J connectivity index is 1.27. The van der Waals surface area contributed by atoms with E-state index in [0.717, 1.165) is 24.5 Å². The van der Waals surface area contributed by atoms with Gasteiger partial charge in [0.2, 0.25) is 11.0 Å². The lowest BCUT2D eigenvalue weighted by Gasteiger charge is -2.13. The Bertz CT molecular complexity index is 856. The minimum absolute atomic E-state index is 0.0259. The van der Waals surface area contributed by atoms with Crippen LogP contribution in [-0.2, 0) is 9.53 Å². The first kappa shape index (κ1) is 17.7. The summed E-state index contributed by atoms with van der Waals surface area (Å²) in [6.07, 6.45) is 2.46. The second-order valence-electron chi connectivity index (χ2n) is 6.41. The van der Waals surface area contributed by atoms with Gasteiger partial charge < -0.3 is 10.1 Å². The molecule has 2 aromatic rings. The Morgan fingerprint density at radius 3 is 2.63 bits per heavy atom. The van der Waals surface area contributed by atoms with E-state index in [1.807, 2.05) is 0 Å². The van der Waals surface area contributed by atoms with E-state index in [1.54, 1.807) is 24.3 Å². The molecule has 27 heavy (non-hydrogen) atoms. The summed E-state index contributed by atoms with van der Waals surface area (Å²) >= 11 is 1.31. The van der Waals surface area contributed by atoms with Crippen LogP contribution in [0.1, 0.15) is 57.5 Å². The van der Waals surface area contributed by atoms with Gasteiger partial charge in [0.1, 0.15) is 11.1 Å². The maximum Gasteiger partial charge on any atom is 0.261 e. The van der Waals surface area contributed by atoms with Gasteiger partial charge in [-0.25, -0.2) is 0 Å². The molecule has 1 fully saturated rings. The highest BCUT2D eigenvalue weighted by Crippen LogP contribution is 2.32. The summed E-state index contributed by atoms with van der Waals surface area (Å²) in [4.78, 5) is 37.9. The van der Waals surface area contributed by atoms with Gasteiger partial charge in [-0.05, 0) is 31.4 Å². The van der Waals surface area contributed by atoms with Crippen LogP contribution in [0, 0.1) is 0 Å². The first-order valence-electron chi connectivity index (χ1n) is 8.83. The molecule has 4 rings (SSSR count). The maximum atomic E-state index is 12.3. The SMILES string of the molecule is O=C(CCCN1C(=O)c2ccccc2C1=O)Nc1nnc(C2CCCO2)s1. The van der Waals surface area contributed by atoms with E-state index < -0.39 is 0 Å². The second kappa shape index (κ2) is 7.53. The fourth-order valence-corrected chi connectivity index (χ4v) is 4.05. The zero-order valence-corrected chi connectivity index (χ0v) is 15.3. The van der Waals surface area contributed by atoms with Crippen molar-refractivity contribution in [1.82, 2.24) is 15.1 Å². The predicted octanol–water partition coefficient (Wildman–Crippen LogP) is 2.40. The van der Waals surface area contributed by atoms with Crippen LogP contribution in [0.25, 0.3) is 0 Å². The molecule has 3 amide bonds. The number of ether oxygens (including phenoxy) is 1. The van der Waals surface area contributed by atoms with Crippen molar-refractivity contribution in [2.45, 2.75) is 31.8 Å². The Labute approximate surface area is 159 Å². The molecule has 1 saturated heterocycles. The smallest absolute Gasteiger partial charge is 0.261 e. The lowest BCUT2D eigenvalue weighted by molar-refractivity contribution is -0.116. The van der Waals surface area contributed by atoms with Crippen LogP contribution in [0.15, 0.2) is 24.3 Å². The zero-order valence-electron chi connectivity index (χ0n) is 14.5. The van der Waals surface area contributed by atoms with Gasteiger partial charge in [-0.1, -0.05) is 23.5 Å². The van der Waals surface area contributed by atoms with Crippen molar-refractivity contribution in [3.63, 3.8) is 0 Å². The van der Waals surface area contributed by atoms with Crippen molar-refractivity contribution in [2.75, 3.05) is 18.5 Å². The van der Waals surface area contributed by atoms with Crippen LogP contribution in [0.5, 0.6) is 0 Å². The number of nitrogens with zero attached hydrogens (tertiary/aromatic N) is 3. The van der Waals surface area contributed by atoms with Crippen molar-refractivity contribution in [1.29, 1.82) is 0 Å². The Hall–Kier alpha value is -2.65. The fraction of sp³-hybridized carbons (Fsp3) is 0.389. The number of imide groups is 1. The molecule has 0 saturated carbocycles. The summed E-state index contributed by atoms with van der Waals surface area (Å²) in [6.45, 7) is 0.931. The second-order valence-corrected chi connectivity index (χ2v) is 7.42. The maximum absolute atomic E-state index is 12.3. The highest BCUT2D eigenvalue weighted by molar-refractivity contribution is 7.15. The molecule has 1 aromatic carbocycles. The molecule has 0 radical (unpaired) electrons. The molecular weight excluding hydrogens is 368 g/mol. The van der Waals surface area contributed by atoms with E-state index in [4.69, 9.17) is 4.74 Å². The van der Waals surface area contributed by atoms with Gasteiger partial charge in [-0.15, -0.1) is 10.2 Å². The summed E-state index contributed by atoms with van der Waals surface area (Å²) in [5, 5.41) is 12.0. The number of nitrogens with one attached hydrogen (secondary N) is 1. The van der Waals surface area contributed by atoms with Crippen LogP contribution in [0.4, 0.5) is 5.13 Å². The van der Waals surface area contributed by atoms with Gasteiger partial charge >= 0.3 is 0 Å². The molecular formula is C18H18N4O4S. The highest BCUT2D eigenvalue weighted by atomic mass is 32.1. The first-order valence-corrected chi connectivity index (χ1v) is 9.65. The molecule has 1 aromatic heterocycles. The molecule has 0 bridgehead atoms. The summed E-state index contributed by atoms with van der Waals surface area (Å²) < 4.78 is 5.55. The molecule has 2 aliphatic rings. The Morgan fingerprint density at radius 2 is 1.96 bits per heavy atom. The Kier molecular flexibility index (Phi) is 4.95. The van der Waals surface area contributed by atoms with Crippen LogP contribution in [0.3, 0.4) is 0 Å². The summed E-state index contributed by atoms with van der Waals surface area (Å²) in [7, 11) is 0. The molecule has 0 spiro atoms. The standard InChI is InChI=1S/C18H18N4O4S/c23-14(19-18-21-20-15(27-18)13-7-4-10-26-13)8-3-9-22-16(24)11-5-1-2-6-12(11)17(22)25/h1-2,5-6,13H,3-4,7-10H2,(H,19,21,23). The third-order valence-corrected chi connectivity index (χ3v) is 5.49. The van der Waals surface area contributed by atoms with Crippen LogP contribution in [0.2, 0.25) is 0 Å². The van der Waals surface area contributed by atoms with E-state index in [-0.39, 0.29) is 36.8 Å². The number of rotatable bonds is 6. The van der Waals surface area contributed by atoms with E-state index in [1.165, 1.54) is 16.2 Å². The lowest BCUT2D eigenvalue weighted by atomic mass is 10.1. The quantitative estimate of drug-likeness (QED) is 0.765. The van der Waals surface area contributed by atoms with Crippen LogP contribution in [-0.4, -0.2) is 46.0 Å². The van der Waals surface area contributed by atoms with Gasteiger partial charge in [-0.3, -0.25) is 19.3 Å². The number of aromatic nitrogens is 2. The van der Waals surface area contributed by atoms with E-state index >= 15 is 0 Å².